The first-order chi connectivity index (χ1) is 8.78. The van der Waals surface area contributed by atoms with Gasteiger partial charge in [0.2, 0.25) is 0 Å². The monoisotopic (exact) mass is 236 g/mol. The number of fused-ring (bicyclic) bond motifs is 1. The van der Waals surface area contributed by atoms with Crippen LogP contribution >= 0.6 is 0 Å². The molecule has 0 saturated carbocycles. The average Bonchev–Trinajstić information content (AvgIpc) is 3.05. The van der Waals surface area contributed by atoms with Gasteiger partial charge in [-0.3, -0.25) is 5.10 Å². The zero-order chi connectivity index (χ0) is 12.5. The lowest BCUT2D eigenvalue weighted by Gasteiger charge is -2.07. The van der Waals surface area contributed by atoms with Gasteiger partial charge < -0.3 is 0 Å². The van der Waals surface area contributed by atoms with E-state index < -0.39 is 0 Å². The SMILES string of the molecule is C=C(CC)C1=CC=C(c2ccc3[nH]ncc3c2)C1. The average molecular weight is 236 g/mol. The van der Waals surface area contributed by atoms with E-state index in [-0.39, 0.29) is 0 Å². The first-order valence-corrected chi connectivity index (χ1v) is 6.29. The van der Waals surface area contributed by atoms with E-state index in [0.717, 1.165) is 23.7 Å². The molecule has 1 aliphatic rings. The van der Waals surface area contributed by atoms with Crippen molar-refractivity contribution in [2.75, 3.05) is 0 Å². The van der Waals surface area contributed by atoms with E-state index in [4.69, 9.17) is 0 Å². The fraction of sp³-hybridized carbons (Fsp3) is 0.188. The van der Waals surface area contributed by atoms with Gasteiger partial charge in [-0.15, -0.1) is 0 Å². The molecule has 0 aliphatic heterocycles. The lowest BCUT2D eigenvalue weighted by Crippen LogP contribution is -1.86. The number of nitrogens with zero attached hydrogens (tertiary/aromatic N) is 1. The zero-order valence-electron chi connectivity index (χ0n) is 10.5. The molecule has 2 nitrogen and oxygen atoms in total. The molecule has 1 aromatic carbocycles. The molecule has 0 radical (unpaired) electrons. The fourth-order valence-electron chi connectivity index (χ4n) is 2.33. The van der Waals surface area contributed by atoms with Crippen LogP contribution in [0, 0.1) is 0 Å². The van der Waals surface area contributed by atoms with Gasteiger partial charge in [-0.2, -0.15) is 5.10 Å². The topological polar surface area (TPSA) is 28.7 Å². The molecule has 0 spiro atoms. The predicted molar refractivity (Wildman–Crippen MR) is 76.2 cm³/mol. The molecule has 0 fully saturated rings. The van der Waals surface area contributed by atoms with Crippen molar-refractivity contribution in [1.82, 2.24) is 10.2 Å². The van der Waals surface area contributed by atoms with Gasteiger partial charge in [0.05, 0.1) is 11.7 Å². The standard InChI is InChI=1S/C16H16N2/c1-3-11(2)12-4-5-13(8-12)14-6-7-16-15(9-14)10-17-18-16/h4-7,9-10H,2-3,8H2,1H3,(H,17,18). The minimum atomic E-state index is 0.996. The van der Waals surface area contributed by atoms with E-state index in [9.17, 15) is 0 Å². The molecule has 0 bridgehead atoms. The van der Waals surface area contributed by atoms with Gasteiger partial charge in [0, 0.05) is 5.39 Å². The number of benzene rings is 1. The summed E-state index contributed by atoms with van der Waals surface area (Å²) >= 11 is 0. The van der Waals surface area contributed by atoms with Crippen molar-refractivity contribution in [2.45, 2.75) is 19.8 Å². The van der Waals surface area contributed by atoms with E-state index in [1.54, 1.807) is 0 Å². The van der Waals surface area contributed by atoms with Gasteiger partial charge in [0.25, 0.3) is 0 Å². The molecule has 1 N–H and O–H groups in total. The Balaban J connectivity index is 1.87. The Morgan fingerprint density at radius 2 is 2.28 bits per heavy atom. The molecule has 1 aromatic heterocycles. The molecule has 90 valence electrons. The number of rotatable bonds is 3. The normalized spacial score (nSPS) is 14.7. The Bertz CT molecular complexity index is 671. The number of H-pyrrole nitrogens is 1. The maximum absolute atomic E-state index is 4.11. The molecule has 3 rings (SSSR count). The molecule has 0 atom stereocenters. The maximum atomic E-state index is 4.11. The van der Waals surface area contributed by atoms with Crippen molar-refractivity contribution < 1.29 is 0 Å². The highest BCUT2D eigenvalue weighted by Crippen LogP contribution is 2.33. The first-order valence-electron chi connectivity index (χ1n) is 6.29. The zero-order valence-corrected chi connectivity index (χ0v) is 10.5. The molecule has 18 heavy (non-hydrogen) atoms. The third kappa shape index (κ3) is 1.80. The third-order valence-corrected chi connectivity index (χ3v) is 3.56. The van der Waals surface area contributed by atoms with Crippen LogP contribution in [0.5, 0.6) is 0 Å². The van der Waals surface area contributed by atoms with Gasteiger partial charge in [-0.25, -0.2) is 0 Å². The van der Waals surface area contributed by atoms with Crippen LogP contribution in [0.15, 0.2) is 54.3 Å². The van der Waals surface area contributed by atoms with Crippen molar-refractivity contribution in [1.29, 1.82) is 0 Å². The highest BCUT2D eigenvalue weighted by molar-refractivity contribution is 5.84. The van der Waals surface area contributed by atoms with Crippen LogP contribution in [0.3, 0.4) is 0 Å². The largest absolute Gasteiger partial charge is 0.278 e. The van der Waals surface area contributed by atoms with E-state index in [2.05, 4.69) is 54.1 Å². The molecular weight excluding hydrogens is 220 g/mol. The third-order valence-electron chi connectivity index (χ3n) is 3.56. The number of aromatic amines is 1. The van der Waals surface area contributed by atoms with E-state index in [0.29, 0.717) is 0 Å². The van der Waals surface area contributed by atoms with Crippen LogP contribution in [-0.4, -0.2) is 10.2 Å². The summed E-state index contributed by atoms with van der Waals surface area (Å²) in [6.45, 7) is 6.26. The van der Waals surface area contributed by atoms with Crippen LogP contribution in [0.25, 0.3) is 16.5 Å². The fourth-order valence-corrected chi connectivity index (χ4v) is 2.33. The van der Waals surface area contributed by atoms with Crippen LogP contribution in [-0.2, 0) is 0 Å². The maximum Gasteiger partial charge on any atom is 0.0650 e. The number of hydrogen-bond donors (Lipinski definition) is 1. The molecule has 0 saturated heterocycles. The summed E-state index contributed by atoms with van der Waals surface area (Å²) in [5.74, 6) is 0. The van der Waals surface area contributed by atoms with Crippen LogP contribution in [0.1, 0.15) is 25.3 Å². The lowest BCUT2D eigenvalue weighted by atomic mass is 9.98. The van der Waals surface area contributed by atoms with E-state index in [1.807, 2.05) is 6.20 Å². The summed E-state index contributed by atoms with van der Waals surface area (Å²) in [4.78, 5) is 0. The molecule has 2 aromatic rings. The Hall–Kier alpha value is -2.09. The van der Waals surface area contributed by atoms with Gasteiger partial charge in [0.15, 0.2) is 0 Å². The second kappa shape index (κ2) is 4.30. The minimum Gasteiger partial charge on any atom is -0.278 e. The van der Waals surface area contributed by atoms with Crippen LogP contribution in [0.4, 0.5) is 0 Å². The van der Waals surface area contributed by atoms with E-state index in [1.165, 1.54) is 22.3 Å². The van der Waals surface area contributed by atoms with Crippen molar-refractivity contribution >= 4 is 16.5 Å². The highest BCUT2D eigenvalue weighted by Gasteiger charge is 2.12. The van der Waals surface area contributed by atoms with Gasteiger partial charge in [-0.05, 0) is 41.7 Å². The summed E-state index contributed by atoms with van der Waals surface area (Å²) in [5.41, 5.74) is 6.33. The number of nitrogens with one attached hydrogen (secondary N) is 1. The molecule has 1 heterocycles. The Kier molecular flexibility index (Phi) is 2.63. The Morgan fingerprint density at radius 3 is 3.11 bits per heavy atom. The number of aromatic nitrogens is 2. The Morgan fingerprint density at radius 1 is 1.39 bits per heavy atom. The number of hydrogen-bond acceptors (Lipinski definition) is 1. The summed E-state index contributed by atoms with van der Waals surface area (Å²) in [7, 11) is 0. The first kappa shape index (κ1) is 11.0. The van der Waals surface area contributed by atoms with Crippen molar-refractivity contribution in [3.8, 4) is 0 Å². The van der Waals surface area contributed by atoms with Crippen molar-refractivity contribution in [3.63, 3.8) is 0 Å². The highest BCUT2D eigenvalue weighted by atomic mass is 15.1. The van der Waals surface area contributed by atoms with Gasteiger partial charge >= 0.3 is 0 Å². The summed E-state index contributed by atoms with van der Waals surface area (Å²) < 4.78 is 0. The predicted octanol–water partition coefficient (Wildman–Crippen LogP) is 4.24. The van der Waals surface area contributed by atoms with Gasteiger partial charge in [-0.1, -0.05) is 37.3 Å². The summed E-state index contributed by atoms with van der Waals surface area (Å²) in [6, 6.07) is 6.43. The minimum absolute atomic E-state index is 0.996. The second-order valence-corrected chi connectivity index (χ2v) is 4.69. The molecule has 0 amide bonds. The molecule has 0 unspecified atom stereocenters. The van der Waals surface area contributed by atoms with Gasteiger partial charge in [0.1, 0.15) is 0 Å². The summed E-state index contributed by atoms with van der Waals surface area (Å²) in [5, 5.41) is 8.19. The van der Waals surface area contributed by atoms with Crippen LogP contribution < -0.4 is 0 Å². The quantitative estimate of drug-likeness (QED) is 0.848. The lowest BCUT2D eigenvalue weighted by molar-refractivity contribution is 1.09. The molecule has 1 aliphatic carbocycles. The van der Waals surface area contributed by atoms with Crippen molar-refractivity contribution in [3.05, 3.63) is 59.8 Å². The Labute approximate surface area is 107 Å². The number of allylic oxidation sites excluding steroid dienone is 5. The van der Waals surface area contributed by atoms with Crippen molar-refractivity contribution in [2.24, 2.45) is 0 Å². The van der Waals surface area contributed by atoms with Crippen LogP contribution in [0.2, 0.25) is 0 Å². The smallest absolute Gasteiger partial charge is 0.0650 e. The second-order valence-electron chi connectivity index (χ2n) is 4.69. The molecular formula is C16H16N2. The van der Waals surface area contributed by atoms with E-state index >= 15 is 0 Å². The summed E-state index contributed by atoms with van der Waals surface area (Å²) in [6.07, 6.45) is 8.29. The molecule has 2 heteroatoms.